The van der Waals surface area contributed by atoms with Crippen molar-refractivity contribution in [3.8, 4) is 0 Å². The Morgan fingerprint density at radius 1 is 1.33 bits per heavy atom. The molecule has 1 N–H and O–H groups in total. The van der Waals surface area contributed by atoms with Crippen molar-refractivity contribution in [1.82, 2.24) is 4.57 Å². The molecule has 1 fully saturated rings. The molecular weight excluding hydrogens is 268 g/mol. The van der Waals surface area contributed by atoms with Crippen LogP contribution in [0.5, 0.6) is 0 Å². The molecule has 0 radical (unpaired) electrons. The van der Waals surface area contributed by atoms with Gasteiger partial charge in [0.25, 0.3) is 0 Å². The molecule has 1 aliphatic rings. The molecule has 1 aromatic heterocycles. The summed E-state index contributed by atoms with van der Waals surface area (Å²) in [6.45, 7) is 0.167. The third kappa shape index (κ3) is 2.63. The van der Waals surface area contributed by atoms with Crippen molar-refractivity contribution in [3.63, 3.8) is 0 Å². The number of rotatable bonds is 4. The molecule has 110 valence electrons. The first-order valence-electron chi connectivity index (χ1n) is 7.14. The number of benzene rings is 1. The Labute approximate surface area is 122 Å². The van der Waals surface area contributed by atoms with E-state index in [1.54, 1.807) is 0 Å². The van der Waals surface area contributed by atoms with Crippen LogP contribution in [0.15, 0.2) is 30.5 Å². The van der Waals surface area contributed by atoms with Crippen molar-refractivity contribution in [2.24, 2.45) is 5.92 Å². The van der Waals surface area contributed by atoms with E-state index in [4.69, 9.17) is 4.74 Å². The average molecular weight is 286 g/mol. The summed E-state index contributed by atoms with van der Waals surface area (Å²) in [4.78, 5) is 23.5. The second kappa shape index (κ2) is 5.60. The lowest BCUT2D eigenvalue weighted by molar-refractivity contribution is -0.141. The minimum absolute atomic E-state index is 0.0921. The summed E-state index contributed by atoms with van der Waals surface area (Å²) < 4.78 is 6.51. The smallest absolute Gasteiger partial charge is 0.325 e. The molecule has 0 spiro atoms. The summed E-state index contributed by atoms with van der Waals surface area (Å²) in [5, 5.41) is 3.94. The molecule has 0 unspecified atom stereocenters. The second-order valence-corrected chi connectivity index (χ2v) is 5.38. The minimum Gasteiger partial charge on any atom is -0.468 e. The Balaban J connectivity index is 1.86. The van der Waals surface area contributed by atoms with Crippen LogP contribution in [0.1, 0.15) is 19.3 Å². The molecule has 1 aromatic carbocycles. The molecule has 2 aromatic rings. The Hall–Kier alpha value is -2.30. The van der Waals surface area contributed by atoms with Crippen LogP contribution in [-0.4, -0.2) is 23.6 Å². The van der Waals surface area contributed by atoms with Gasteiger partial charge in [-0.2, -0.15) is 0 Å². The van der Waals surface area contributed by atoms with Gasteiger partial charge in [0.05, 0.1) is 18.3 Å². The number of anilines is 1. The van der Waals surface area contributed by atoms with E-state index in [2.05, 4.69) is 5.32 Å². The van der Waals surface area contributed by atoms with Crippen molar-refractivity contribution < 1.29 is 14.3 Å². The number of nitrogens with zero attached hydrogens (tertiary/aromatic N) is 1. The Kier molecular flexibility index (Phi) is 3.64. The van der Waals surface area contributed by atoms with Crippen LogP contribution in [0.2, 0.25) is 0 Å². The van der Waals surface area contributed by atoms with Crippen LogP contribution in [-0.2, 0) is 20.9 Å². The second-order valence-electron chi connectivity index (χ2n) is 5.38. The molecule has 1 saturated carbocycles. The van der Waals surface area contributed by atoms with E-state index >= 15 is 0 Å². The molecule has 1 heterocycles. The molecule has 21 heavy (non-hydrogen) atoms. The zero-order valence-corrected chi connectivity index (χ0v) is 12.0. The van der Waals surface area contributed by atoms with Crippen LogP contribution in [0, 0.1) is 5.92 Å². The molecule has 1 amide bonds. The van der Waals surface area contributed by atoms with Crippen molar-refractivity contribution in [2.45, 2.75) is 25.8 Å². The van der Waals surface area contributed by atoms with Crippen molar-refractivity contribution in [3.05, 3.63) is 30.5 Å². The maximum Gasteiger partial charge on any atom is 0.325 e. The van der Waals surface area contributed by atoms with Gasteiger partial charge in [-0.1, -0.05) is 12.5 Å². The van der Waals surface area contributed by atoms with Crippen LogP contribution < -0.4 is 5.32 Å². The fourth-order valence-corrected chi connectivity index (χ4v) is 2.58. The van der Waals surface area contributed by atoms with Crippen LogP contribution in [0.3, 0.4) is 0 Å². The standard InChI is InChI=1S/C16H18N2O3/c1-21-15(19)10-18-9-8-12-13(6-3-7-14(12)18)17-16(20)11-4-2-5-11/h3,6-9,11H,2,4-5,10H2,1H3,(H,17,20). The number of aromatic nitrogens is 1. The SMILES string of the molecule is COC(=O)Cn1ccc2c(NC(=O)C3CCC3)cccc21. The van der Waals surface area contributed by atoms with Gasteiger partial charge >= 0.3 is 5.97 Å². The maximum absolute atomic E-state index is 12.1. The van der Waals surface area contributed by atoms with E-state index in [0.717, 1.165) is 35.9 Å². The highest BCUT2D eigenvalue weighted by molar-refractivity contribution is 6.02. The van der Waals surface area contributed by atoms with E-state index in [1.807, 2.05) is 35.0 Å². The van der Waals surface area contributed by atoms with Gasteiger partial charge in [0.1, 0.15) is 6.54 Å². The van der Waals surface area contributed by atoms with Crippen molar-refractivity contribution in [2.75, 3.05) is 12.4 Å². The fourth-order valence-electron chi connectivity index (χ4n) is 2.58. The van der Waals surface area contributed by atoms with Crippen molar-refractivity contribution >= 4 is 28.5 Å². The lowest BCUT2D eigenvalue weighted by Crippen LogP contribution is -2.28. The number of carbonyl (C=O) groups is 2. The van der Waals surface area contributed by atoms with Gasteiger partial charge in [-0.3, -0.25) is 9.59 Å². The third-order valence-corrected chi connectivity index (χ3v) is 4.07. The molecular formula is C16H18N2O3. The van der Waals surface area contributed by atoms with Crippen LogP contribution in [0.4, 0.5) is 5.69 Å². The predicted molar refractivity (Wildman–Crippen MR) is 79.9 cm³/mol. The molecule has 0 saturated heterocycles. The number of hydrogen-bond donors (Lipinski definition) is 1. The van der Waals surface area contributed by atoms with E-state index in [1.165, 1.54) is 7.11 Å². The number of hydrogen-bond acceptors (Lipinski definition) is 3. The molecule has 1 aliphatic carbocycles. The van der Waals surface area contributed by atoms with Gasteiger partial charge in [0.2, 0.25) is 5.91 Å². The predicted octanol–water partition coefficient (Wildman–Crippen LogP) is 2.55. The summed E-state index contributed by atoms with van der Waals surface area (Å²) in [7, 11) is 1.37. The first kappa shape index (κ1) is 13.7. The molecule has 3 rings (SSSR count). The molecule has 0 atom stereocenters. The van der Waals surface area contributed by atoms with Crippen LogP contribution >= 0.6 is 0 Å². The largest absolute Gasteiger partial charge is 0.468 e. The highest BCUT2D eigenvalue weighted by Gasteiger charge is 2.25. The number of fused-ring (bicyclic) bond motifs is 1. The Morgan fingerprint density at radius 2 is 2.14 bits per heavy atom. The van der Waals surface area contributed by atoms with Gasteiger partial charge in [-0.25, -0.2) is 0 Å². The Bertz CT molecular complexity index is 686. The number of methoxy groups -OCH3 is 1. The molecule has 0 bridgehead atoms. The molecule has 5 heteroatoms. The number of ether oxygens (including phenoxy) is 1. The number of amides is 1. The summed E-state index contributed by atoms with van der Waals surface area (Å²) >= 11 is 0. The fraction of sp³-hybridized carbons (Fsp3) is 0.375. The molecule has 5 nitrogen and oxygen atoms in total. The average Bonchev–Trinajstić information content (AvgIpc) is 2.81. The Morgan fingerprint density at radius 3 is 2.81 bits per heavy atom. The highest BCUT2D eigenvalue weighted by atomic mass is 16.5. The zero-order chi connectivity index (χ0) is 14.8. The summed E-state index contributed by atoms with van der Waals surface area (Å²) in [5.74, 6) is -0.0525. The summed E-state index contributed by atoms with van der Waals surface area (Å²) in [6.07, 6.45) is 4.93. The first-order chi connectivity index (χ1) is 10.2. The van der Waals surface area contributed by atoms with E-state index in [9.17, 15) is 9.59 Å². The highest BCUT2D eigenvalue weighted by Crippen LogP contribution is 2.30. The van der Waals surface area contributed by atoms with Gasteiger partial charge in [0, 0.05) is 17.5 Å². The van der Waals surface area contributed by atoms with Crippen molar-refractivity contribution in [1.29, 1.82) is 0 Å². The third-order valence-electron chi connectivity index (χ3n) is 4.07. The molecule has 0 aliphatic heterocycles. The normalized spacial score (nSPS) is 14.7. The van der Waals surface area contributed by atoms with Gasteiger partial charge in [-0.05, 0) is 31.0 Å². The monoisotopic (exact) mass is 286 g/mol. The summed E-state index contributed by atoms with van der Waals surface area (Å²) in [5.41, 5.74) is 1.71. The van der Waals surface area contributed by atoms with E-state index in [0.29, 0.717) is 0 Å². The maximum atomic E-state index is 12.1. The lowest BCUT2D eigenvalue weighted by Gasteiger charge is -2.24. The topological polar surface area (TPSA) is 60.3 Å². The number of carbonyl (C=O) groups excluding carboxylic acids is 2. The quantitative estimate of drug-likeness (QED) is 0.879. The van der Waals surface area contributed by atoms with Gasteiger partial charge in [0.15, 0.2) is 0 Å². The van der Waals surface area contributed by atoms with E-state index < -0.39 is 0 Å². The van der Waals surface area contributed by atoms with Gasteiger partial charge in [-0.15, -0.1) is 0 Å². The lowest BCUT2D eigenvalue weighted by atomic mass is 9.85. The number of nitrogens with one attached hydrogen (secondary N) is 1. The number of esters is 1. The zero-order valence-electron chi connectivity index (χ0n) is 12.0. The summed E-state index contributed by atoms with van der Waals surface area (Å²) in [6, 6.07) is 7.61. The minimum atomic E-state index is -0.295. The van der Waals surface area contributed by atoms with Crippen LogP contribution in [0.25, 0.3) is 10.9 Å². The first-order valence-corrected chi connectivity index (χ1v) is 7.14. The van der Waals surface area contributed by atoms with E-state index in [-0.39, 0.29) is 24.3 Å². The van der Waals surface area contributed by atoms with Gasteiger partial charge < -0.3 is 14.6 Å².